The van der Waals surface area contributed by atoms with E-state index in [2.05, 4.69) is 11.3 Å². The van der Waals surface area contributed by atoms with Crippen LogP contribution in [0.1, 0.15) is 5.56 Å². The Labute approximate surface area is 101 Å². The predicted octanol–water partition coefficient (Wildman–Crippen LogP) is 1.29. The van der Waals surface area contributed by atoms with Gasteiger partial charge in [-0.1, -0.05) is 24.8 Å². The van der Waals surface area contributed by atoms with Crippen molar-refractivity contribution in [2.75, 3.05) is 13.7 Å². The lowest BCUT2D eigenvalue weighted by Gasteiger charge is -2.09. The second-order valence-electron chi connectivity index (χ2n) is 3.58. The van der Waals surface area contributed by atoms with Crippen molar-refractivity contribution in [3.05, 3.63) is 42.5 Å². The smallest absolute Gasteiger partial charge is 0.322 e. The molecule has 0 aliphatic heterocycles. The van der Waals surface area contributed by atoms with Crippen LogP contribution in [-0.4, -0.2) is 25.7 Å². The fourth-order valence-electron chi connectivity index (χ4n) is 1.37. The molecule has 0 bridgehead atoms. The second-order valence-corrected chi connectivity index (χ2v) is 3.58. The molecule has 0 amide bonds. The fraction of sp³-hybridized carbons (Fsp3) is 0.308. The van der Waals surface area contributed by atoms with Gasteiger partial charge >= 0.3 is 5.97 Å². The van der Waals surface area contributed by atoms with Gasteiger partial charge in [0.05, 0.1) is 7.11 Å². The van der Waals surface area contributed by atoms with Gasteiger partial charge in [-0.2, -0.15) is 0 Å². The average Bonchev–Trinajstić information content (AvgIpc) is 2.37. The first-order chi connectivity index (χ1) is 8.17. The lowest BCUT2D eigenvalue weighted by Crippen LogP contribution is -2.33. The van der Waals surface area contributed by atoms with Crippen molar-refractivity contribution < 1.29 is 14.3 Å². The quantitative estimate of drug-likeness (QED) is 0.596. The first kappa shape index (κ1) is 13.3. The fourth-order valence-corrected chi connectivity index (χ4v) is 1.37. The number of ether oxygens (including phenoxy) is 2. The lowest BCUT2D eigenvalue weighted by atomic mass is 10.1. The monoisotopic (exact) mass is 235 g/mol. The average molecular weight is 235 g/mol. The van der Waals surface area contributed by atoms with Crippen LogP contribution in [0.4, 0.5) is 0 Å². The van der Waals surface area contributed by atoms with Crippen molar-refractivity contribution in [1.29, 1.82) is 0 Å². The molecule has 0 saturated carbocycles. The maximum absolute atomic E-state index is 11.1. The summed E-state index contributed by atoms with van der Waals surface area (Å²) in [6, 6.07) is 6.80. The first-order valence-corrected chi connectivity index (χ1v) is 5.33. The van der Waals surface area contributed by atoms with E-state index >= 15 is 0 Å². The van der Waals surface area contributed by atoms with Crippen LogP contribution in [0.2, 0.25) is 0 Å². The Hall–Kier alpha value is -1.81. The van der Waals surface area contributed by atoms with Crippen LogP contribution in [0.3, 0.4) is 0 Å². The predicted molar refractivity (Wildman–Crippen MR) is 65.8 cm³/mol. The van der Waals surface area contributed by atoms with E-state index in [1.807, 2.05) is 24.3 Å². The van der Waals surface area contributed by atoms with E-state index < -0.39 is 12.0 Å². The Morgan fingerprint density at radius 3 is 2.65 bits per heavy atom. The molecule has 0 unspecified atom stereocenters. The van der Waals surface area contributed by atoms with Crippen LogP contribution in [-0.2, 0) is 16.0 Å². The largest absolute Gasteiger partial charge is 0.490 e. The molecule has 17 heavy (non-hydrogen) atoms. The third kappa shape index (κ3) is 4.28. The van der Waals surface area contributed by atoms with Crippen LogP contribution in [0.25, 0.3) is 0 Å². The molecule has 1 aromatic rings. The minimum Gasteiger partial charge on any atom is -0.490 e. The van der Waals surface area contributed by atoms with Gasteiger partial charge in [-0.05, 0) is 24.1 Å². The van der Waals surface area contributed by atoms with Crippen molar-refractivity contribution in [3.63, 3.8) is 0 Å². The molecule has 0 heterocycles. The molecule has 0 radical (unpaired) electrons. The topological polar surface area (TPSA) is 61.5 Å². The van der Waals surface area contributed by atoms with E-state index in [1.54, 1.807) is 6.08 Å². The van der Waals surface area contributed by atoms with E-state index in [0.29, 0.717) is 13.0 Å². The maximum Gasteiger partial charge on any atom is 0.322 e. The number of methoxy groups -OCH3 is 1. The van der Waals surface area contributed by atoms with E-state index in [4.69, 9.17) is 10.5 Å². The van der Waals surface area contributed by atoms with Crippen LogP contribution in [0.15, 0.2) is 36.9 Å². The summed E-state index contributed by atoms with van der Waals surface area (Å²) in [6.45, 7) is 4.04. The summed E-state index contributed by atoms with van der Waals surface area (Å²) in [5.74, 6) is 0.359. The molecule has 92 valence electrons. The summed E-state index contributed by atoms with van der Waals surface area (Å²) in [6.07, 6.45) is 2.13. The summed E-state index contributed by atoms with van der Waals surface area (Å²) in [4.78, 5) is 11.1. The van der Waals surface area contributed by atoms with Gasteiger partial charge in [-0.25, -0.2) is 0 Å². The zero-order valence-corrected chi connectivity index (χ0v) is 9.89. The Balaban J connectivity index is 2.55. The zero-order chi connectivity index (χ0) is 12.7. The standard InChI is InChI=1S/C13H17NO3/c1-3-8-17-11-6-4-10(5-7-11)9-12(14)13(15)16-2/h3-7,12H,1,8-9,14H2,2H3/t12-/m1/s1. The highest BCUT2D eigenvalue weighted by Gasteiger charge is 2.13. The normalized spacial score (nSPS) is 11.6. The first-order valence-electron chi connectivity index (χ1n) is 5.33. The minimum atomic E-state index is -0.625. The number of carbonyl (C=O) groups is 1. The van der Waals surface area contributed by atoms with Gasteiger partial charge in [-0.15, -0.1) is 0 Å². The number of nitrogens with two attached hydrogens (primary N) is 1. The minimum absolute atomic E-state index is 0.406. The number of hydrogen-bond donors (Lipinski definition) is 1. The van der Waals surface area contributed by atoms with Crippen LogP contribution in [0.5, 0.6) is 5.75 Å². The molecule has 0 fully saturated rings. The van der Waals surface area contributed by atoms with Crippen molar-refractivity contribution >= 4 is 5.97 Å². The van der Waals surface area contributed by atoms with E-state index in [9.17, 15) is 4.79 Å². The molecule has 0 aliphatic rings. The van der Waals surface area contributed by atoms with Crippen molar-refractivity contribution in [2.45, 2.75) is 12.5 Å². The SMILES string of the molecule is C=CCOc1ccc(C[C@@H](N)C(=O)OC)cc1. The summed E-state index contributed by atoms with van der Waals surface area (Å²) < 4.78 is 9.90. The molecule has 0 spiro atoms. The number of hydrogen-bond acceptors (Lipinski definition) is 4. The van der Waals surface area contributed by atoms with E-state index in [-0.39, 0.29) is 0 Å². The molecule has 4 nitrogen and oxygen atoms in total. The molecular formula is C13H17NO3. The van der Waals surface area contributed by atoms with E-state index in [0.717, 1.165) is 11.3 Å². The lowest BCUT2D eigenvalue weighted by molar-refractivity contribution is -0.142. The maximum atomic E-state index is 11.1. The molecule has 2 N–H and O–H groups in total. The number of rotatable bonds is 6. The van der Waals surface area contributed by atoms with Gasteiger partial charge in [-0.3, -0.25) is 4.79 Å². The molecule has 0 aliphatic carbocycles. The van der Waals surface area contributed by atoms with Gasteiger partial charge in [0.15, 0.2) is 0 Å². The van der Waals surface area contributed by atoms with Gasteiger partial charge < -0.3 is 15.2 Å². The highest BCUT2D eigenvalue weighted by Crippen LogP contribution is 2.13. The van der Waals surface area contributed by atoms with Crippen molar-refractivity contribution in [1.82, 2.24) is 0 Å². The van der Waals surface area contributed by atoms with Gasteiger partial charge in [0.2, 0.25) is 0 Å². The molecule has 0 aromatic heterocycles. The molecule has 1 aromatic carbocycles. The van der Waals surface area contributed by atoms with Crippen LogP contribution >= 0.6 is 0 Å². The number of esters is 1. The summed E-state index contributed by atoms with van der Waals surface area (Å²) >= 11 is 0. The molecular weight excluding hydrogens is 218 g/mol. The Morgan fingerprint density at radius 2 is 2.12 bits per heavy atom. The van der Waals surface area contributed by atoms with E-state index in [1.165, 1.54) is 7.11 Å². The molecule has 0 saturated heterocycles. The number of benzene rings is 1. The van der Waals surface area contributed by atoms with Crippen LogP contribution < -0.4 is 10.5 Å². The highest BCUT2D eigenvalue weighted by atomic mass is 16.5. The molecule has 1 rings (SSSR count). The van der Waals surface area contributed by atoms with Crippen molar-refractivity contribution in [3.8, 4) is 5.75 Å². The van der Waals surface area contributed by atoms with Gasteiger partial charge in [0.25, 0.3) is 0 Å². The summed E-state index contributed by atoms with van der Waals surface area (Å²) in [5.41, 5.74) is 6.63. The third-order valence-electron chi connectivity index (χ3n) is 2.25. The Bertz CT molecular complexity index is 373. The Morgan fingerprint density at radius 1 is 1.47 bits per heavy atom. The van der Waals surface area contributed by atoms with Gasteiger partial charge in [0, 0.05) is 0 Å². The van der Waals surface area contributed by atoms with Crippen LogP contribution in [0, 0.1) is 0 Å². The second kappa shape index (κ2) is 6.70. The van der Waals surface area contributed by atoms with Crippen molar-refractivity contribution in [2.24, 2.45) is 5.73 Å². The molecule has 4 heteroatoms. The Kier molecular flexibility index (Phi) is 5.23. The van der Waals surface area contributed by atoms with Gasteiger partial charge in [0.1, 0.15) is 18.4 Å². The highest BCUT2D eigenvalue weighted by molar-refractivity contribution is 5.75. The third-order valence-corrected chi connectivity index (χ3v) is 2.25. The summed E-state index contributed by atoms with van der Waals surface area (Å²) in [5, 5.41) is 0. The molecule has 1 atom stereocenters. The summed E-state index contributed by atoms with van der Waals surface area (Å²) in [7, 11) is 1.33. The zero-order valence-electron chi connectivity index (χ0n) is 9.89. The number of carbonyl (C=O) groups excluding carboxylic acids is 1.